The van der Waals surface area contributed by atoms with Gasteiger partial charge in [-0.05, 0) is 73.8 Å². The van der Waals surface area contributed by atoms with E-state index in [1.807, 2.05) is 29.2 Å². The van der Waals surface area contributed by atoms with E-state index in [0.717, 1.165) is 37.4 Å². The topological polar surface area (TPSA) is 47.6 Å². The molecular weight excluding hydrogens is 380 g/mol. The lowest BCUT2D eigenvalue weighted by Gasteiger charge is -2.28. The Hall–Kier alpha value is -2.60. The summed E-state index contributed by atoms with van der Waals surface area (Å²) in [7, 11) is 0. The zero-order valence-electron chi connectivity index (χ0n) is 16.7. The van der Waals surface area contributed by atoms with Crippen LogP contribution in [-0.4, -0.2) is 30.7 Å². The molecule has 6 heteroatoms. The standard InChI is InChI=1S/C23H28N4OS/c28-22-8-5-15-27(22)21-7-4-6-19(16-21)25-23(29)24-17-18-9-11-20(12-10-18)26-13-2-1-3-14-26/h4,6-7,9-12,16H,1-3,5,8,13-15,17H2,(H2,24,25,29). The quantitative estimate of drug-likeness (QED) is 0.723. The van der Waals surface area contributed by atoms with E-state index in [-0.39, 0.29) is 5.91 Å². The number of carbonyl (C=O) groups excluding carboxylic acids is 1. The molecule has 29 heavy (non-hydrogen) atoms. The first-order valence-corrected chi connectivity index (χ1v) is 10.9. The predicted octanol–water partition coefficient (Wildman–Crippen LogP) is 4.29. The zero-order valence-corrected chi connectivity index (χ0v) is 17.5. The number of hydrogen-bond donors (Lipinski definition) is 2. The fraction of sp³-hybridized carbons (Fsp3) is 0.391. The van der Waals surface area contributed by atoms with Crippen molar-refractivity contribution < 1.29 is 4.79 Å². The molecule has 0 radical (unpaired) electrons. The maximum absolute atomic E-state index is 12.0. The number of hydrogen-bond acceptors (Lipinski definition) is 3. The number of amides is 1. The van der Waals surface area contributed by atoms with Gasteiger partial charge in [-0.3, -0.25) is 4.79 Å². The molecule has 0 aliphatic carbocycles. The van der Waals surface area contributed by atoms with Crippen LogP contribution in [0, 0.1) is 0 Å². The third-order valence-electron chi connectivity index (χ3n) is 5.60. The van der Waals surface area contributed by atoms with E-state index in [4.69, 9.17) is 12.2 Å². The molecule has 5 nitrogen and oxygen atoms in total. The molecule has 2 aromatic rings. The van der Waals surface area contributed by atoms with Crippen molar-refractivity contribution >= 4 is 40.3 Å². The van der Waals surface area contributed by atoms with Gasteiger partial charge in [0.25, 0.3) is 0 Å². The highest BCUT2D eigenvalue weighted by molar-refractivity contribution is 7.80. The molecule has 2 aromatic carbocycles. The van der Waals surface area contributed by atoms with E-state index in [9.17, 15) is 4.79 Å². The second kappa shape index (κ2) is 9.27. The smallest absolute Gasteiger partial charge is 0.227 e. The van der Waals surface area contributed by atoms with Crippen molar-refractivity contribution in [2.75, 3.05) is 34.8 Å². The normalized spacial score (nSPS) is 16.8. The van der Waals surface area contributed by atoms with Gasteiger partial charge in [0.1, 0.15) is 0 Å². The SMILES string of the molecule is O=C1CCCN1c1cccc(NC(=S)NCc2ccc(N3CCCCC3)cc2)c1. The molecule has 0 atom stereocenters. The largest absolute Gasteiger partial charge is 0.372 e. The first-order valence-electron chi connectivity index (χ1n) is 10.5. The van der Waals surface area contributed by atoms with Crippen LogP contribution in [-0.2, 0) is 11.3 Å². The van der Waals surface area contributed by atoms with Gasteiger partial charge in [-0.15, -0.1) is 0 Å². The Morgan fingerprint density at radius 1 is 0.931 bits per heavy atom. The fourth-order valence-corrected chi connectivity index (χ4v) is 4.20. The second-order valence-electron chi connectivity index (χ2n) is 7.72. The Morgan fingerprint density at radius 3 is 2.45 bits per heavy atom. The molecule has 0 spiro atoms. The van der Waals surface area contributed by atoms with Crippen LogP contribution >= 0.6 is 12.2 Å². The first-order chi connectivity index (χ1) is 14.2. The summed E-state index contributed by atoms with van der Waals surface area (Å²) in [6.07, 6.45) is 5.48. The summed E-state index contributed by atoms with van der Waals surface area (Å²) in [6.45, 7) is 3.79. The summed E-state index contributed by atoms with van der Waals surface area (Å²) in [5.74, 6) is 0.191. The molecule has 0 aromatic heterocycles. The van der Waals surface area contributed by atoms with Gasteiger partial charge >= 0.3 is 0 Å². The molecule has 2 heterocycles. The second-order valence-corrected chi connectivity index (χ2v) is 8.13. The van der Waals surface area contributed by atoms with Crippen LogP contribution in [0.5, 0.6) is 0 Å². The maximum atomic E-state index is 12.0. The minimum atomic E-state index is 0.191. The third-order valence-corrected chi connectivity index (χ3v) is 5.85. The summed E-state index contributed by atoms with van der Waals surface area (Å²) in [4.78, 5) is 16.3. The number of nitrogens with zero attached hydrogens (tertiary/aromatic N) is 2. The molecule has 2 N–H and O–H groups in total. The van der Waals surface area contributed by atoms with Crippen LogP contribution in [0.1, 0.15) is 37.7 Å². The van der Waals surface area contributed by atoms with E-state index in [1.165, 1.54) is 30.5 Å². The molecule has 1 amide bonds. The Kier molecular flexibility index (Phi) is 6.30. The third kappa shape index (κ3) is 5.07. The molecule has 2 aliphatic rings. The molecular formula is C23H28N4OS. The van der Waals surface area contributed by atoms with E-state index in [1.54, 1.807) is 0 Å². The summed E-state index contributed by atoms with van der Waals surface area (Å²) in [6, 6.07) is 16.6. The molecule has 4 rings (SSSR count). The average Bonchev–Trinajstić information content (AvgIpc) is 3.19. The van der Waals surface area contributed by atoms with Crippen LogP contribution in [0.2, 0.25) is 0 Å². The predicted molar refractivity (Wildman–Crippen MR) is 124 cm³/mol. The van der Waals surface area contributed by atoms with Gasteiger partial charge in [-0.25, -0.2) is 0 Å². The van der Waals surface area contributed by atoms with E-state index < -0.39 is 0 Å². The Morgan fingerprint density at radius 2 is 1.72 bits per heavy atom. The Balaban J connectivity index is 1.29. The number of piperidine rings is 1. The maximum Gasteiger partial charge on any atom is 0.227 e. The van der Waals surface area contributed by atoms with Crippen LogP contribution in [0.15, 0.2) is 48.5 Å². The van der Waals surface area contributed by atoms with Crippen molar-refractivity contribution in [1.82, 2.24) is 5.32 Å². The van der Waals surface area contributed by atoms with Gasteiger partial charge in [0.2, 0.25) is 5.91 Å². The minimum absolute atomic E-state index is 0.191. The Bertz CT molecular complexity index is 861. The number of anilines is 3. The van der Waals surface area contributed by atoms with Crippen molar-refractivity contribution in [1.29, 1.82) is 0 Å². The number of rotatable bonds is 5. The summed E-state index contributed by atoms with van der Waals surface area (Å²) in [5, 5.41) is 7.08. The van der Waals surface area contributed by atoms with Crippen molar-refractivity contribution in [2.45, 2.75) is 38.6 Å². The number of thiocarbonyl (C=S) groups is 1. The zero-order chi connectivity index (χ0) is 20.1. The molecule has 2 aliphatic heterocycles. The van der Waals surface area contributed by atoms with Crippen LogP contribution in [0.25, 0.3) is 0 Å². The highest BCUT2D eigenvalue weighted by Crippen LogP contribution is 2.24. The molecule has 2 fully saturated rings. The first kappa shape index (κ1) is 19.7. The van der Waals surface area contributed by atoms with Crippen molar-refractivity contribution in [3.63, 3.8) is 0 Å². The van der Waals surface area contributed by atoms with Crippen molar-refractivity contribution in [2.24, 2.45) is 0 Å². The number of nitrogens with one attached hydrogen (secondary N) is 2. The van der Waals surface area contributed by atoms with Gasteiger partial charge in [0.15, 0.2) is 5.11 Å². The van der Waals surface area contributed by atoms with E-state index in [2.05, 4.69) is 39.8 Å². The lowest BCUT2D eigenvalue weighted by molar-refractivity contribution is -0.117. The Labute approximate surface area is 178 Å². The van der Waals surface area contributed by atoms with Crippen LogP contribution < -0.4 is 20.4 Å². The van der Waals surface area contributed by atoms with Gasteiger partial charge in [0.05, 0.1) is 0 Å². The lowest BCUT2D eigenvalue weighted by Crippen LogP contribution is -2.29. The summed E-state index contributed by atoms with van der Waals surface area (Å²) >= 11 is 5.45. The highest BCUT2D eigenvalue weighted by Gasteiger charge is 2.21. The van der Waals surface area contributed by atoms with E-state index in [0.29, 0.717) is 18.1 Å². The van der Waals surface area contributed by atoms with Crippen LogP contribution in [0.3, 0.4) is 0 Å². The monoisotopic (exact) mass is 408 g/mol. The average molecular weight is 409 g/mol. The lowest BCUT2D eigenvalue weighted by atomic mass is 10.1. The molecule has 0 saturated carbocycles. The van der Waals surface area contributed by atoms with E-state index >= 15 is 0 Å². The fourth-order valence-electron chi connectivity index (χ4n) is 4.01. The summed E-state index contributed by atoms with van der Waals surface area (Å²) < 4.78 is 0. The van der Waals surface area contributed by atoms with Gasteiger partial charge < -0.3 is 20.4 Å². The molecule has 0 bridgehead atoms. The minimum Gasteiger partial charge on any atom is -0.372 e. The number of carbonyl (C=O) groups is 1. The molecule has 0 unspecified atom stereocenters. The van der Waals surface area contributed by atoms with Crippen LogP contribution in [0.4, 0.5) is 17.1 Å². The van der Waals surface area contributed by atoms with Gasteiger partial charge in [-0.1, -0.05) is 18.2 Å². The van der Waals surface area contributed by atoms with Gasteiger partial charge in [-0.2, -0.15) is 0 Å². The number of benzene rings is 2. The van der Waals surface area contributed by atoms with Crippen molar-refractivity contribution in [3.05, 3.63) is 54.1 Å². The molecule has 2 saturated heterocycles. The highest BCUT2D eigenvalue weighted by atomic mass is 32.1. The molecule has 152 valence electrons. The van der Waals surface area contributed by atoms with Crippen molar-refractivity contribution in [3.8, 4) is 0 Å². The van der Waals surface area contributed by atoms with Gasteiger partial charge in [0, 0.05) is 49.7 Å². The summed E-state index contributed by atoms with van der Waals surface area (Å²) in [5.41, 5.74) is 4.32.